The molecule has 0 spiro atoms. The molecule has 0 radical (unpaired) electrons. The molecule has 1 rings (SSSR count). The molecule has 0 saturated carbocycles. The fourth-order valence-electron chi connectivity index (χ4n) is 2.13. The van der Waals surface area contributed by atoms with Crippen LogP contribution in [0.25, 0.3) is 0 Å². The van der Waals surface area contributed by atoms with Gasteiger partial charge in [-0.05, 0) is 24.3 Å². The summed E-state index contributed by atoms with van der Waals surface area (Å²) in [6.07, 6.45) is 2.42. The average molecular weight is 419 g/mol. The molecule has 2 N–H and O–H groups in total. The van der Waals surface area contributed by atoms with Crippen molar-refractivity contribution in [3.05, 3.63) is 35.9 Å². The summed E-state index contributed by atoms with van der Waals surface area (Å²) in [6.45, 7) is 6.14. The van der Waals surface area contributed by atoms with Crippen LogP contribution in [0.15, 0.2) is 35.3 Å². The van der Waals surface area contributed by atoms with E-state index in [4.69, 9.17) is 4.74 Å². The van der Waals surface area contributed by atoms with Gasteiger partial charge in [-0.1, -0.05) is 44.2 Å². The lowest BCUT2D eigenvalue weighted by Crippen LogP contribution is -2.40. The molecule has 0 aliphatic heterocycles. The first-order valence-corrected chi connectivity index (χ1v) is 7.69. The molecule has 4 nitrogen and oxygen atoms in total. The SMILES string of the molecule is CN=C(NCCCC(C)C)NCC(OC)c1ccccc1.I. The third-order valence-corrected chi connectivity index (χ3v) is 3.39. The van der Waals surface area contributed by atoms with Crippen molar-refractivity contribution >= 4 is 29.9 Å². The van der Waals surface area contributed by atoms with E-state index in [1.807, 2.05) is 18.2 Å². The van der Waals surface area contributed by atoms with Crippen molar-refractivity contribution in [3.63, 3.8) is 0 Å². The Hall–Kier alpha value is -0.820. The van der Waals surface area contributed by atoms with Crippen LogP contribution < -0.4 is 10.6 Å². The molecule has 0 aliphatic rings. The maximum absolute atomic E-state index is 5.54. The number of rotatable bonds is 8. The molecule has 126 valence electrons. The first-order chi connectivity index (χ1) is 10.2. The Bertz CT molecular complexity index is 410. The van der Waals surface area contributed by atoms with Crippen molar-refractivity contribution in [2.24, 2.45) is 10.9 Å². The van der Waals surface area contributed by atoms with Crippen LogP contribution in [0, 0.1) is 5.92 Å². The quantitative estimate of drug-likeness (QED) is 0.293. The van der Waals surface area contributed by atoms with E-state index < -0.39 is 0 Å². The topological polar surface area (TPSA) is 45.7 Å². The van der Waals surface area contributed by atoms with Crippen molar-refractivity contribution in [3.8, 4) is 0 Å². The van der Waals surface area contributed by atoms with E-state index in [-0.39, 0.29) is 30.1 Å². The highest BCUT2D eigenvalue weighted by molar-refractivity contribution is 14.0. The van der Waals surface area contributed by atoms with Gasteiger partial charge in [0.15, 0.2) is 5.96 Å². The van der Waals surface area contributed by atoms with Crippen molar-refractivity contribution in [2.75, 3.05) is 27.2 Å². The summed E-state index contributed by atoms with van der Waals surface area (Å²) < 4.78 is 5.54. The fourth-order valence-corrected chi connectivity index (χ4v) is 2.13. The molecule has 1 unspecified atom stereocenters. The molecule has 1 aromatic rings. The molecule has 22 heavy (non-hydrogen) atoms. The third-order valence-electron chi connectivity index (χ3n) is 3.39. The summed E-state index contributed by atoms with van der Waals surface area (Å²) in [4.78, 5) is 4.24. The van der Waals surface area contributed by atoms with Crippen molar-refractivity contribution < 1.29 is 4.74 Å². The second-order valence-corrected chi connectivity index (χ2v) is 5.55. The Morgan fingerprint density at radius 2 is 1.86 bits per heavy atom. The van der Waals surface area contributed by atoms with E-state index in [9.17, 15) is 0 Å². The minimum absolute atomic E-state index is 0. The zero-order chi connectivity index (χ0) is 15.5. The van der Waals surface area contributed by atoms with Crippen LogP contribution in [-0.2, 0) is 4.74 Å². The Labute approximate surface area is 152 Å². The van der Waals surface area contributed by atoms with Crippen LogP contribution in [0.1, 0.15) is 38.4 Å². The Kier molecular flexibility index (Phi) is 12.2. The number of guanidine groups is 1. The molecule has 5 heteroatoms. The predicted molar refractivity (Wildman–Crippen MR) is 105 cm³/mol. The maximum atomic E-state index is 5.54. The number of nitrogens with zero attached hydrogens (tertiary/aromatic N) is 1. The van der Waals surface area contributed by atoms with Gasteiger partial charge in [0.05, 0.1) is 6.10 Å². The van der Waals surface area contributed by atoms with E-state index in [0.717, 1.165) is 24.8 Å². The van der Waals surface area contributed by atoms with Gasteiger partial charge in [-0.2, -0.15) is 0 Å². The van der Waals surface area contributed by atoms with Gasteiger partial charge in [-0.25, -0.2) is 0 Å². The van der Waals surface area contributed by atoms with E-state index in [1.165, 1.54) is 12.0 Å². The number of benzene rings is 1. The van der Waals surface area contributed by atoms with Gasteiger partial charge in [-0.15, -0.1) is 24.0 Å². The zero-order valence-corrected chi connectivity index (χ0v) is 16.5. The van der Waals surface area contributed by atoms with Crippen LogP contribution in [0.5, 0.6) is 0 Å². The van der Waals surface area contributed by atoms with Gasteiger partial charge in [0.25, 0.3) is 0 Å². The smallest absolute Gasteiger partial charge is 0.191 e. The Morgan fingerprint density at radius 3 is 2.41 bits per heavy atom. The lowest BCUT2D eigenvalue weighted by Gasteiger charge is -2.18. The number of ether oxygens (including phenoxy) is 1. The Balaban J connectivity index is 0.00000441. The van der Waals surface area contributed by atoms with Gasteiger partial charge >= 0.3 is 0 Å². The number of hydrogen-bond donors (Lipinski definition) is 2. The molecule has 1 atom stereocenters. The van der Waals surface area contributed by atoms with E-state index >= 15 is 0 Å². The summed E-state index contributed by atoms with van der Waals surface area (Å²) in [7, 11) is 3.53. The van der Waals surface area contributed by atoms with Gasteiger partial charge in [0.2, 0.25) is 0 Å². The van der Waals surface area contributed by atoms with Crippen molar-refractivity contribution in [1.29, 1.82) is 0 Å². The van der Waals surface area contributed by atoms with Crippen molar-refractivity contribution in [1.82, 2.24) is 10.6 Å². The zero-order valence-electron chi connectivity index (χ0n) is 14.1. The summed E-state index contributed by atoms with van der Waals surface area (Å²) in [5, 5.41) is 6.66. The molecule has 0 bridgehead atoms. The van der Waals surface area contributed by atoms with Crippen molar-refractivity contribution in [2.45, 2.75) is 32.8 Å². The number of nitrogens with one attached hydrogen (secondary N) is 2. The second-order valence-electron chi connectivity index (χ2n) is 5.55. The Morgan fingerprint density at radius 1 is 1.18 bits per heavy atom. The highest BCUT2D eigenvalue weighted by atomic mass is 127. The minimum Gasteiger partial charge on any atom is -0.375 e. The average Bonchev–Trinajstić information content (AvgIpc) is 2.50. The molecule has 1 aromatic carbocycles. The maximum Gasteiger partial charge on any atom is 0.191 e. The largest absolute Gasteiger partial charge is 0.375 e. The number of aliphatic imine (C=N–C) groups is 1. The third kappa shape index (κ3) is 8.58. The van der Waals surface area contributed by atoms with E-state index in [2.05, 4.69) is 41.6 Å². The fraction of sp³-hybridized carbons (Fsp3) is 0.588. The standard InChI is InChI=1S/C17H29N3O.HI/c1-14(2)9-8-12-19-17(18-3)20-13-16(21-4)15-10-6-5-7-11-15;/h5-7,10-11,14,16H,8-9,12-13H2,1-4H3,(H2,18,19,20);1H. The van der Waals surface area contributed by atoms with Gasteiger partial charge in [0.1, 0.15) is 0 Å². The first-order valence-electron chi connectivity index (χ1n) is 7.69. The van der Waals surface area contributed by atoms with Crippen LogP contribution in [0.4, 0.5) is 0 Å². The first kappa shape index (κ1) is 21.2. The number of hydrogen-bond acceptors (Lipinski definition) is 2. The lowest BCUT2D eigenvalue weighted by molar-refractivity contribution is 0.106. The minimum atomic E-state index is 0. The summed E-state index contributed by atoms with van der Waals surface area (Å²) in [6, 6.07) is 10.2. The monoisotopic (exact) mass is 419 g/mol. The molecule has 0 heterocycles. The van der Waals surface area contributed by atoms with Gasteiger partial charge in [-0.3, -0.25) is 4.99 Å². The highest BCUT2D eigenvalue weighted by Crippen LogP contribution is 2.14. The van der Waals surface area contributed by atoms with Gasteiger partial charge in [0, 0.05) is 27.2 Å². The molecule has 0 aromatic heterocycles. The highest BCUT2D eigenvalue weighted by Gasteiger charge is 2.10. The van der Waals surface area contributed by atoms with Crippen LogP contribution >= 0.6 is 24.0 Å². The molecular weight excluding hydrogens is 389 g/mol. The molecular formula is C17H30IN3O. The molecule has 0 fully saturated rings. The normalized spacial score (nSPS) is 12.7. The predicted octanol–water partition coefficient (Wildman–Crippen LogP) is 3.59. The molecule has 0 saturated heterocycles. The summed E-state index contributed by atoms with van der Waals surface area (Å²) >= 11 is 0. The molecule has 0 amide bonds. The lowest BCUT2D eigenvalue weighted by atomic mass is 10.1. The second kappa shape index (κ2) is 12.7. The van der Waals surface area contributed by atoms with Crippen LogP contribution in [-0.4, -0.2) is 33.2 Å². The molecule has 0 aliphatic carbocycles. The number of halogens is 1. The summed E-state index contributed by atoms with van der Waals surface area (Å²) in [5.41, 5.74) is 1.17. The summed E-state index contributed by atoms with van der Waals surface area (Å²) in [5.74, 6) is 1.58. The van der Waals surface area contributed by atoms with Crippen LogP contribution in [0.3, 0.4) is 0 Å². The van der Waals surface area contributed by atoms with Crippen LogP contribution in [0.2, 0.25) is 0 Å². The van der Waals surface area contributed by atoms with Gasteiger partial charge < -0.3 is 15.4 Å². The van der Waals surface area contributed by atoms with E-state index in [0.29, 0.717) is 6.54 Å². The van der Waals surface area contributed by atoms with E-state index in [1.54, 1.807) is 14.2 Å². The number of methoxy groups -OCH3 is 1.